The summed E-state index contributed by atoms with van der Waals surface area (Å²) in [6, 6.07) is 1.74. The van der Waals surface area contributed by atoms with Crippen molar-refractivity contribution in [3.8, 4) is 5.88 Å². The van der Waals surface area contributed by atoms with Crippen molar-refractivity contribution in [1.29, 1.82) is 0 Å². The smallest absolute Gasteiger partial charge is 0.218 e. The number of sulfonamides is 1. The molecule has 1 fully saturated rings. The van der Waals surface area contributed by atoms with E-state index >= 15 is 0 Å². The standard InChI is InChI=1S/C11H18N4O3S/c1-14(2)10-6-11(13-8-12-10)18-9-4-5-15(7-9)19(3,16)17/h6,8-9H,4-5,7H2,1-3H3/t9-/m1/s1. The summed E-state index contributed by atoms with van der Waals surface area (Å²) in [5.41, 5.74) is 0. The van der Waals surface area contributed by atoms with E-state index in [0.717, 1.165) is 5.82 Å². The van der Waals surface area contributed by atoms with E-state index in [1.54, 1.807) is 6.07 Å². The number of hydrogen-bond donors (Lipinski definition) is 0. The van der Waals surface area contributed by atoms with Gasteiger partial charge in [0, 0.05) is 26.7 Å². The molecule has 0 spiro atoms. The van der Waals surface area contributed by atoms with Gasteiger partial charge in [-0.3, -0.25) is 0 Å². The summed E-state index contributed by atoms with van der Waals surface area (Å²) >= 11 is 0. The maximum absolute atomic E-state index is 11.4. The Kier molecular flexibility index (Phi) is 3.91. The van der Waals surface area contributed by atoms with Gasteiger partial charge >= 0.3 is 0 Å². The van der Waals surface area contributed by atoms with Crippen molar-refractivity contribution in [3.63, 3.8) is 0 Å². The van der Waals surface area contributed by atoms with E-state index in [0.29, 0.717) is 25.4 Å². The summed E-state index contributed by atoms with van der Waals surface area (Å²) in [6.07, 6.45) is 3.17. The van der Waals surface area contributed by atoms with Crippen LogP contribution in [0.2, 0.25) is 0 Å². The largest absolute Gasteiger partial charge is 0.473 e. The second kappa shape index (κ2) is 5.30. The van der Waals surface area contributed by atoms with E-state index in [-0.39, 0.29) is 6.10 Å². The number of nitrogens with zero attached hydrogens (tertiary/aromatic N) is 4. The van der Waals surface area contributed by atoms with Crippen LogP contribution in [0, 0.1) is 0 Å². The molecular weight excluding hydrogens is 268 g/mol. The highest BCUT2D eigenvalue weighted by atomic mass is 32.2. The summed E-state index contributed by atoms with van der Waals surface area (Å²) in [4.78, 5) is 9.99. The van der Waals surface area contributed by atoms with E-state index in [4.69, 9.17) is 4.74 Å². The van der Waals surface area contributed by atoms with Crippen molar-refractivity contribution in [2.45, 2.75) is 12.5 Å². The second-order valence-electron chi connectivity index (χ2n) is 4.76. The van der Waals surface area contributed by atoms with E-state index in [9.17, 15) is 8.42 Å². The number of ether oxygens (including phenoxy) is 1. The molecule has 8 heteroatoms. The Labute approximate surface area is 113 Å². The average Bonchev–Trinajstić information content (AvgIpc) is 2.77. The molecule has 1 aliphatic rings. The first-order chi connectivity index (χ1) is 8.86. The lowest BCUT2D eigenvalue weighted by Crippen LogP contribution is -2.30. The molecule has 0 N–H and O–H groups in total. The molecule has 1 aromatic rings. The Bertz CT molecular complexity index is 547. The molecule has 0 amide bonds. The van der Waals surface area contributed by atoms with Crippen LogP contribution >= 0.6 is 0 Å². The first-order valence-electron chi connectivity index (χ1n) is 5.97. The molecule has 1 atom stereocenters. The average molecular weight is 286 g/mol. The fourth-order valence-corrected chi connectivity index (χ4v) is 2.78. The van der Waals surface area contributed by atoms with E-state index < -0.39 is 10.0 Å². The molecule has 19 heavy (non-hydrogen) atoms. The van der Waals surface area contributed by atoms with Crippen molar-refractivity contribution < 1.29 is 13.2 Å². The maximum atomic E-state index is 11.4. The quantitative estimate of drug-likeness (QED) is 0.773. The van der Waals surface area contributed by atoms with Crippen molar-refractivity contribution in [3.05, 3.63) is 12.4 Å². The molecule has 1 aliphatic heterocycles. The molecule has 1 saturated heterocycles. The fraction of sp³-hybridized carbons (Fsp3) is 0.636. The zero-order valence-corrected chi connectivity index (χ0v) is 12.1. The molecule has 0 bridgehead atoms. The molecule has 0 radical (unpaired) electrons. The summed E-state index contributed by atoms with van der Waals surface area (Å²) in [5.74, 6) is 1.22. The molecule has 1 aromatic heterocycles. The summed E-state index contributed by atoms with van der Waals surface area (Å²) in [6.45, 7) is 0.870. The highest BCUT2D eigenvalue weighted by Gasteiger charge is 2.30. The highest BCUT2D eigenvalue weighted by molar-refractivity contribution is 7.88. The third kappa shape index (κ3) is 3.54. The van der Waals surface area contributed by atoms with E-state index in [1.807, 2.05) is 19.0 Å². The van der Waals surface area contributed by atoms with Gasteiger partial charge in [-0.1, -0.05) is 0 Å². The molecule has 7 nitrogen and oxygen atoms in total. The van der Waals surface area contributed by atoms with Gasteiger partial charge in [0.15, 0.2) is 0 Å². The zero-order valence-electron chi connectivity index (χ0n) is 11.3. The molecule has 106 valence electrons. The molecule has 0 unspecified atom stereocenters. The van der Waals surface area contributed by atoms with Crippen molar-refractivity contribution in [1.82, 2.24) is 14.3 Å². The predicted molar refractivity (Wildman–Crippen MR) is 71.8 cm³/mol. The van der Waals surface area contributed by atoms with Crippen LogP contribution in [0.15, 0.2) is 12.4 Å². The van der Waals surface area contributed by atoms with E-state index in [1.165, 1.54) is 16.9 Å². The predicted octanol–water partition coefficient (Wildman–Crippen LogP) is -0.0447. The Balaban J connectivity index is 2.01. The van der Waals surface area contributed by atoms with Crippen LogP contribution in [-0.2, 0) is 10.0 Å². The van der Waals surface area contributed by atoms with Gasteiger partial charge in [0.25, 0.3) is 0 Å². The van der Waals surface area contributed by atoms with Crippen molar-refractivity contribution >= 4 is 15.8 Å². The van der Waals surface area contributed by atoms with Gasteiger partial charge in [-0.15, -0.1) is 0 Å². The van der Waals surface area contributed by atoms with Gasteiger partial charge < -0.3 is 9.64 Å². The van der Waals surface area contributed by atoms with Crippen molar-refractivity contribution in [2.75, 3.05) is 38.3 Å². The van der Waals surface area contributed by atoms with Crippen LogP contribution in [0.5, 0.6) is 5.88 Å². The van der Waals surface area contributed by atoms with Crippen molar-refractivity contribution in [2.24, 2.45) is 0 Å². The normalized spacial score (nSPS) is 20.5. The van der Waals surface area contributed by atoms with Gasteiger partial charge in [0.2, 0.25) is 15.9 Å². The molecule has 0 aromatic carbocycles. The Hall–Kier alpha value is -1.41. The van der Waals surface area contributed by atoms with Gasteiger partial charge in [0.05, 0.1) is 12.8 Å². The maximum Gasteiger partial charge on any atom is 0.218 e. The topological polar surface area (TPSA) is 75.6 Å². The van der Waals surface area contributed by atoms with Gasteiger partial charge in [0.1, 0.15) is 18.2 Å². The second-order valence-corrected chi connectivity index (χ2v) is 6.74. The SMILES string of the molecule is CN(C)c1cc(O[C@@H]2CCN(S(C)(=O)=O)C2)ncn1. The van der Waals surface area contributed by atoms with Crippen LogP contribution in [0.1, 0.15) is 6.42 Å². The molecule has 0 saturated carbocycles. The minimum atomic E-state index is -3.14. The number of rotatable bonds is 4. The Morgan fingerprint density at radius 3 is 2.74 bits per heavy atom. The van der Waals surface area contributed by atoms with Crippen LogP contribution < -0.4 is 9.64 Å². The first-order valence-corrected chi connectivity index (χ1v) is 7.82. The molecule has 2 heterocycles. The fourth-order valence-electron chi connectivity index (χ4n) is 1.90. The lowest BCUT2D eigenvalue weighted by atomic mass is 10.3. The lowest BCUT2D eigenvalue weighted by Gasteiger charge is -2.16. The highest BCUT2D eigenvalue weighted by Crippen LogP contribution is 2.20. The summed E-state index contributed by atoms with van der Waals surface area (Å²) in [5, 5.41) is 0. The lowest BCUT2D eigenvalue weighted by molar-refractivity contribution is 0.207. The van der Waals surface area contributed by atoms with Crippen LogP contribution in [0.4, 0.5) is 5.82 Å². The first kappa shape index (κ1) is 14.0. The molecule has 2 rings (SSSR count). The van der Waals surface area contributed by atoms with Crippen LogP contribution in [0.25, 0.3) is 0 Å². The minimum absolute atomic E-state index is 0.153. The summed E-state index contributed by atoms with van der Waals surface area (Å²) in [7, 11) is 0.627. The number of anilines is 1. The number of hydrogen-bond acceptors (Lipinski definition) is 6. The number of aromatic nitrogens is 2. The zero-order chi connectivity index (χ0) is 14.0. The van der Waals surface area contributed by atoms with Gasteiger partial charge in [-0.2, -0.15) is 4.31 Å². The summed E-state index contributed by atoms with van der Waals surface area (Å²) < 4.78 is 30.0. The minimum Gasteiger partial charge on any atom is -0.473 e. The molecule has 0 aliphatic carbocycles. The van der Waals surface area contributed by atoms with Crippen LogP contribution in [-0.4, -0.2) is 62.2 Å². The van der Waals surface area contributed by atoms with Gasteiger partial charge in [-0.25, -0.2) is 18.4 Å². The monoisotopic (exact) mass is 286 g/mol. The van der Waals surface area contributed by atoms with Crippen LogP contribution in [0.3, 0.4) is 0 Å². The Morgan fingerprint density at radius 1 is 1.42 bits per heavy atom. The Morgan fingerprint density at radius 2 is 2.16 bits per heavy atom. The van der Waals surface area contributed by atoms with Gasteiger partial charge in [-0.05, 0) is 6.42 Å². The third-order valence-electron chi connectivity index (χ3n) is 2.95. The molecular formula is C11H18N4O3S. The van der Waals surface area contributed by atoms with E-state index in [2.05, 4.69) is 9.97 Å². The third-order valence-corrected chi connectivity index (χ3v) is 4.22.